The largest absolute Gasteiger partial charge is 0.497 e. The number of benzene rings is 2. The number of halogens is 1. The summed E-state index contributed by atoms with van der Waals surface area (Å²) in [7, 11) is 3.41. The highest BCUT2D eigenvalue weighted by Crippen LogP contribution is 2.22. The fourth-order valence-corrected chi connectivity index (χ4v) is 4.05. The molecule has 2 amide bonds. The van der Waals surface area contributed by atoms with Gasteiger partial charge < -0.3 is 19.9 Å². The number of hydrogen-bond acceptors (Lipinski definition) is 6. The van der Waals surface area contributed by atoms with Gasteiger partial charge in [0.2, 0.25) is 11.8 Å². The molecular formula is C23H26ClN5O3S. The Morgan fingerprint density at radius 2 is 1.88 bits per heavy atom. The number of anilines is 1. The van der Waals surface area contributed by atoms with E-state index in [0.29, 0.717) is 21.7 Å². The minimum Gasteiger partial charge on any atom is -0.497 e. The van der Waals surface area contributed by atoms with E-state index in [4.69, 9.17) is 16.3 Å². The lowest BCUT2D eigenvalue weighted by Crippen LogP contribution is -2.29. The number of aromatic nitrogens is 3. The molecule has 0 radical (unpaired) electrons. The SMILES string of the molecule is COc1ccc(CC(=O)NC(C)c2nnc(SCC(=O)Nc3cc(Cl)ccc3C)n2C)cc1. The predicted octanol–water partition coefficient (Wildman–Crippen LogP) is 3.94. The number of ether oxygens (including phenoxy) is 1. The van der Waals surface area contributed by atoms with Crippen molar-refractivity contribution in [1.82, 2.24) is 20.1 Å². The molecule has 0 aliphatic carbocycles. The predicted molar refractivity (Wildman–Crippen MR) is 130 cm³/mol. The van der Waals surface area contributed by atoms with Crippen LogP contribution in [-0.4, -0.2) is 39.4 Å². The van der Waals surface area contributed by atoms with Gasteiger partial charge in [-0.05, 0) is 49.2 Å². The maximum Gasteiger partial charge on any atom is 0.234 e. The normalized spacial score (nSPS) is 11.7. The lowest BCUT2D eigenvalue weighted by atomic mass is 10.1. The third-order valence-electron chi connectivity index (χ3n) is 4.96. The Hall–Kier alpha value is -3.04. The summed E-state index contributed by atoms with van der Waals surface area (Å²) in [4.78, 5) is 24.8. The van der Waals surface area contributed by atoms with Crippen LogP contribution < -0.4 is 15.4 Å². The van der Waals surface area contributed by atoms with E-state index in [-0.39, 0.29) is 30.0 Å². The summed E-state index contributed by atoms with van der Waals surface area (Å²) in [6.07, 6.45) is 0.247. The Balaban J connectivity index is 1.53. The van der Waals surface area contributed by atoms with Crippen LogP contribution in [0.5, 0.6) is 5.75 Å². The highest BCUT2D eigenvalue weighted by molar-refractivity contribution is 7.99. The summed E-state index contributed by atoms with van der Waals surface area (Å²) < 4.78 is 6.91. The van der Waals surface area contributed by atoms with Crippen molar-refractivity contribution in [1.29, 1.82) is 0 Å². The molecule has 0 aliphatic rings. The lowest BCUT2D eigenvalue weighted by Gasteiger charge is -2.14. The summed E-state index contributed by atoms with van der Waals surface area (Å²) in [5.74, 6) is 1.22. The van der Waals surface area contributed by atoms with Crippen LogP contribution in [0.4, 0.5) is 5.69 Å². The van der Waals surface area contributed by atoms with Gasteiger partial charge in [-0.25, -0.2) is 0 Å². The van der Waals surface area contributed by atoms with E-state index >= 15 is 0 Å². The number of amides is 2. The monoisotopic (exact) mass is 487 g/mol. The average molecular weight is 488 g/mol. The van der Waals surface area contributed by atoms with Gasteiger partial charge in [0.15, 0.2) is 11.0 Å². The fraction of sp³-hybridized carbons (Fsp3) is 0.304. The van der Waals surface area contributed by atoms with Crippen molar-refractivity contribution in [2.75, 3.05) is 18.2 Å². The second kappa shape index (κ2) is 11.2. The minimum atomic E-state index is -0.342. The summed E-state index contributed by atoms with van der Waals surface area (Å²) in [5.41, 5.74) is 2.49. The Morgan fingerprint density at radius 3 is 2.58 bits per heavy atom. The zero-order valence-corrected chi connectivity index (χ0v) is 20.5. The summed E-state index contributed by atoms with van der Waals surface area (Å²) >= 11 is 7.27. The minimum absolute atomic E-state index is 0.124. The Bertz CT molecular complexity index is 1130. The van der Waals surface area contributed by atoms with Gasteiger partial charge in [0, 0.05) is 17.8 Å². The highest BCUT2D eigenvalue weighted by atomic mass is 35.5. The van der Waals surface area contributed by atoms with E-state index in [1.54, 1.807) is 23.8 Å². The second-order valence-electron chi connectivity index (χ2n) is 7.51. The molecule has 1 heterocycles. The van der Waals surface area contributed by atoms with Crippen LogP contribution in [0.3, 0.4) is 0 Å². The van der Waals surface area contributed by atoms with Gasteiger partial charge in [0.05, 0.1) is 25.3 Å². The molecule has 0 saturated heterocycles. The Morgan fingerprint density at radius 1 is 1.15 bits per heavy atom. The molecular weight excluding hydrogens is 462 g/mol. The van der Waals surface area contributed by atoms with Gasteiger partial charge >= 0.3 is 0 Å². The topological polar surface area (TPSA) is 98.1 Å². The van der Waals surface area contributed by atoms with Crippen LogP contribution in [0, 0.1) is 6.92 Å². The first-order valence-electron chi connectivity index (χ1n) is 10.3. The maximum atomic E-state index is 12.4. The maximum absolute atomic E-state index is 12.4. The molecule has 0 bridgehead atoms. The number of thioether (sulfide) groups is 1. The highest BCUT2D eigenvalue weighted by Gasteiger charge is 2.18. The van der Waals surface area contributed by atoms with Crippen molar-refractivity contribution in [3.63, 3.8) is 0 Å². The van der Waals surface area contributed by atoms with E-state index in [9.17, 15) is 9.59 Å². The van der Waals surface area contributed by atoms with Crippen molar-refractivity contribution in [2.45, 2.75) is 31.5 Å². The van der Waals surface area contributed by atoms with E-state index in [1.165, 1.54) is 11.8 Å². The summed E-state index contributed by atoms with van der Waals surface area (Å²) in [5, 5.41) is 15.3. The summed E-state index contributed by atoms with van der Waals surface area (Å²) in [6, 6.07) is 12.4. The first-order valence-corrected chi connectivity index (χ1v) is 11.6. The van der Waals surface area contributed by atoms with Gasteiger partial charge in [-0.15, -0.1) is 10.2 Å². The van der Waals surface area contributed by atoms with Gasteiger partial charge in [0.25, 0.3) is 0 Å². The summed E-state index contributed by atoms with van der Waals surface area (Å²) in [6.45, 7) is 3.75. The van der Waals surface area contributed by atoms with Crippen molar-refractivity contribution in [2.24, 2.45) is 7.05 Å². The van der Waals surface area contributed by atoms with E-state index in [2.05, 4.69) is 20.8 Å². The number of carbonyl (C=O) groups is 2. The quantitative estimate of drug-likeness (QED) is 0.444. The van der Waals surface area contributed by atoms with Crippen LogP contribution in [0.25, 0.3) is 0 Å². The molecule has 2 aromatic carbocycles. The van der Waals surface area contributed by atoms with Gasteiger partial charge in [0.1, 0.15) is 5.75 Å². The van der Waals surface area contributed by atoms with Crippen molar-refractivity contribution in [3.8, 4) is 5.75 Å². The zero-order valence-electron chi connectivity index (χ0n) is 18.9. The number of hydrogen-bond donors (Lipinski definition) is 2. The zero-order chi connectivity index (χ0) is 24.0. The number of rotatable bonds is 9. The van der Waals surface area contributed by atoms with Crippen molar-refractivity contribution in [3.05, 3.63) is 64.4 Å². The molecule has 0 fully saturated rings. The van der Waals surface area contributed by atoms with Crippen LogP contribution in [-0.2, 0) is 23.1 Å². The molecule has 0 spiro atoms. The number of methoxy groups -OCH3 is 1. The molecule has 33 heavy (non-hydrogen) atoms. The molecule has 3 rings (SSSR count). The lowest BCUT2D eigenvalue weighted by molar-refractivity contribution is -0.121. The molecule has 0 saturated carbocycles. The van der Waals surface area contributed by atoms with Crippen LogP contribution in [0.15, 0.2) is 47.6 Å². The van der Waals surface area contributed by atoms with E-state index in [1.807, 2.05) is 51.2 Å². The smallest absolute Gasteiger partial charge is 0.234 e. The molecule has 1 atom stereocenters. The van der Waals surface area contributed by atoms with Crippen molar-refractivity contribution >= 4 is 40.9 Å². The molecule has 10 heteroatoms. The fourth-order valence-electron chi connectivity index (χ4n) is 3.16. The van der Waals surface area contributed by atoms with Gasteiger partial charge in [-0.1, -0.05) is 41.6 Å². The standard InChI is InChI=1S/C23H26ClN5O3S/c1-14-5-8-17(24)12-19(14)26-21(31)13-33-23-28-27-22(29(23)3)15(2)25-20(30)11-16-6-9-18(32-4)10-7-16/h5-10,12,15H,11,13H2,1-4H3,(H,25,30)(H,26,31). The van der Waals surface area contributed by atoms with Crippen LogP contribution in [0.2, 0.25) is 5.02 Å². The molecule has 1 unspecified atom stereocenters. The van der Waals surface area contributed by atoms with E-state index < -0.39 is 0 Å². The molecule has 0 aliphatic heterocycles. The molecule has 8 nitrogen and oxygen atoms in total. The van der Waals surface area contributed by atoms with E-state index in [0.717, 1.165) is 16.9 Å². The molecule has 3 aromatic rings. The first kappa shape index (κ1) is 24.6. The Kier molecular flexibility index (Phi) is 8.35. The number of nitrogens with zero attached hydrogens (tertiary/aromatic N) is 3. The third kappa shape index (κ3) is 6.72. The number of carbonyl (C=O) groups excluding carboxylic acids is 2. The number of aryl methyl sites for hydroxylation is 1. The molecule has 174 valence electrons. The van der Waals surface area contributed by atoms with Gasteiger partial charge in [-0.2, -0.15) is 0 Å². The third-order valence-corrected chi connectivity index (χ3v) is 6.22. The van der Waals surface area contributed by atoms with Crippen molar-refractivity contribution < 1.29 is 14.3 Å². The number of nitrogens with one attached hydrogen (secondary N) is 2. The molecule has 1 aromatic heterocycles. The molecule has 2 N–H and O–H groups in total. The van der Waals surface area contributed by atoms with Gasteiger partial charge in [-0.3, -0.25) is 9.59 Å². The second-order valence-corrected chi connectivity index (χ2v) is 8.89. The van der Waals surface area contributed by atoms with Crippen LogP contribution in [0.1, 0.15) is 29.9 Å². The van der Waals surface area contributed by atoms with Crippen LogP contribution >= 0.6 is 23.4 Å². The average Bonchev–Trinajstić information content (AvgIpc) is 3.15. The Labute approximate surface area is 202 Å². The first-order chi connectivity index (χ1) is 15.8.